The molecule has 0 amide bonds. The van der Waals surface area contributed by atoms with Crippen LogP contribution in [0.3, 0.4) is 0 Å². The summed E-state index contributed by atoms with van der Waals surface area (Å²) in [5.41, 5.74) is -1.43. The third-order valence-corrected chi connectivity index (χ3v) is 3.11. The average Bonchev–Trinajstić information content (AvgIpc) is 2.58. The first-order valence-electron chi connectivity index (χ1n) is 8.52. The molecule has 0 aliphatic heterocycles. The van der Waals surface area contributed by atoms with Crippen LogP contribution in [0.25, 0.3) is 0 Å². The van der Waals surface area contributed by atoms with E-state index < -0.39 is 23.9 Å². The van der Waals surface area contributed by atoms with Gasteiger partial charge in [-0.3, -0.25) is 0 Å². The minimum atomic E-state index is -1.000. The number of hydrogen-bond acceptors (Lipinski definition) is 8. The van der Waals surface area contributed by atoms with Gasteiger partial charge in [-0.25, -0.2) is 19.2 Å². The predicted octanol–water partition coefficient (Wildman–Crippen LogP) is 4.45. The van der Waals surface area contributed by atoms with Crippen LogP contribution in [0.2, 0.25) is 0 Å². The van der Waals surface area contributed by atoms with Crippen molar-refractivity contribution in [1.29, 1.82) is 0 Å². The topological polar surface area (TPSA) is 105 Å². The molecule has 0 saturated heterocycles. The Kier molecular flexibility index (Phi) is 8.04. The molecule has 1 aromatic carbocycles. The molecule has 1 aromatic rings. The van der Waals surface area contributed by atoms with Gasteiger partial charge in [-0.05, 0) is 39.8 Å². The molecule has 0 unspecified atom stereocenters. The molecule has 158 valence electrons. The van der Waals surface area contributed by atoms with E-state index >= 15 is 0 Å². The Labute approximate surface area is 174 Å². The third kappa shape index (κ3) is 6.59. The van der Waals surface area contributed by atoms with Crippen LogP contribution in [0.1, 0.15) is 69.1 Å². The zero-order valence-corrected chi connectivity index (χ0v) is 17.2. The number of rotatable bonds is 8. The summed E-state index contributed by atoms with van der Waals surface area (Å²) in [6.45, 7) is 19.5. The minimum Gasteiger partial charge on any atom is -0.428 e. The molecule has 30 heavy (non-hydrogen) atoms. The van der Waals surface area contributed by atoms with Crippen LogP contribution in [0.5, 0.6) is 0 Å². The lowest BCUT2D eigenvalue weighted by molar-refractivity contribution is 0.0566. The quantitative estimate of drug-likeness (QED) is 0.349. The summed E-state index contributed by atoms with van der Waals surface area (Å²) in [5, 5.41) is 0. The van der Waals surface area contributed by atoms with Gasteiger partial charge < -0.3 is 18.9 Å². The second-order valence-electron chi connectivity index (χ2n) is 6.31. The van der Waals surface area contributed by atoms with Crippen molar-refractivity contribution in [2.24, 2.45) is 0 Å². The lowest BCUT2D eigenvalue weighted by Gasteiger charge is -2.15. The SMILES string of the molecule is C=C(C)OC(=O)c1cc(C(=O)OC(=C)C)c(C(=O)OC(=C)C)cc1C(=O)OC(=C)C. The highest BCUT2D eigenvalue weighted by Gasteiger charge is 2.29. The molecule has 8 heteroatoms. The van der Waals surface area contributed by atoms with Crippen molar-refractivity contribution in [2.75, 3.05) is 0 Å². The minimum absolute atomic E-state index is 0.0380. The van der Waals surface area contributed by atoms with Crippen LogP contribution in [-0.4, -0.2) is 23.9 Å². The van der Waals surface area contributed by atoms with Gasteiger partial charge in [0.05, 0.1) is 45.3 Å². The molecular weight excluding hydrogens is 392 g/mol. The molecule has 0 aliphatic rings. The first kappa shape index (κ1) is 24.1. The standard InChI is InChI=1S/C22H22O8/c1-11(2)27-19(23)15-9-17(21(25)29-13(5)6)18(22(26)30-14(7)8)10-16(15)20(24)28-12(3)4/h9-10H,1,3,5,7H2,2,4,6,8H3. The Morgan fingerprint density at radius 3 is 0.800 bits per heavy atom. The van der Waals surface area contributed by atoms with Gasteiger partial charge in [-0.1, -0.05) is 26.3 Å². The van der Waals surface area contributed by atoms with Crippen LogP contribution >= 0.6 is 0 Å². The molecule has 0 radical (unpaired) electrons. The highest BCUT2D eigenvalue weighted by atomic mass is 16.6. The fourth-order valence-electron chi connectivity index (χ4n) is 2.13. The Hall–Kier alpha value is -3.94. The second-order valence-corrected chi connectivity index (χ2v) is 6.31. The summed E-state index contributed by atoms with van der Waals surface area (Å²) >= 11 is 0. The van der Waals surface area contributed by atoms with Gasteiger partial charge in [0.15, 0.2) is 0 Å². The van der Waals surface area contributed by atoms with Crippen LogP contribution in [0.4, 0.5) is 0 Å². The summed E-state index contributed by atoms with van der Waals surface area (Å²) in [5.74, 6) is -3.85. The highest BCUT2D eigenvalue weighted by Crippen LogP contribution is 2.24. The maximum Gasteiger partial charge on any atom is 0.344 e. The Morgan fingerprint density at radius 2 is 0.667 bits per heavy atom. The van der Waals surface area contributed by atoms with Crippen LogP contribution in [0.15, 0.2) is 61.5 Å². The lowest BCUT2D eigenvalue weighted by Crippen LogP contribution is -2.19. The third-order valence-electron chi connectivity index (χ3n) is 3.11. The fraction of sp³-hybridized carbons (Fsp3) is 0.182. The lowest BCUT2D eigenvalue weighted by atomic mass is 9.97. The summed E-state index contributed by atoms with van der Waals surface area (Å²) in [4.78, 5) is 50.0. The van der Waals surface area contributed by atoms with Gasteiger partial charge in [0, 0.05) is 0 Å². The number of esters is 4. The first-order chi connectivity index (χ1) is 13.8. The number of carbonyl (C=O) groups is 4. The van der Waals surface area contributed by atoms with Gasteiger partial charge in [0.1, 0.15) is 0 Å². The largest absolute Gasteiger partial charge is 0.428 e. The molecule has 0 heterocycles. The van der Waals surface area contributed by atoms with Crippen LogP contribution < -0.4 is 0 Å². The fourth-order valence-corrected chi connectivity index (χ4v) is 2.13. The molecule has 0 N–H and O–H groups in total. The molecule has 0 atom stereocenters. The van der Waals surface area contributed by atoms with Gasteiger partial charge in [-0.15, -0.1) is 0 Å². The molecule has 0 aliphatic carbocycles. The van der Waals surface area contributed by atoms with Crippen molar-refractivity contribution in [2.45, 2.75) is 27.7 Å². The smallest absolute Gasteiger partial charge is 0.344 e. The average molecular weight is 414 g/mol. The first-order valence-corrected chi connectivity index (χ1v) is 8.52. The Bertz CT molecular complexity index is 827. The zero-order valence-electron chi connectivity index (χ0n) is 17.2. The van der Waals surface area contributed by atoms with E-state index in [1.54, 1.807) is 0 Å². The van der Waals surface area contributed by atoms with Crippen LogP contribution in [0, 0.1) is 0 Å². The summed E-state index contributed by atoms with van der Waals surface area (Å²) in [7, 11) is 0. The molecule has 0 fully saturated rings. The van der Waals surface area contributed by atoms with E-state index in [-0.39, 0.29) is 45.3 Å². The van der Waals surface area contributed by atoms with Crippen molar-refractivity contribution in [3.05, 3.63) is 83.7 Å². The molecule has 0 bridgehead atoms. The molecule has 0 aromatic heterocycles. The van der Waals surface area contributed by atoms with E-state index in [1.165, 1.54) is 27.7 Å². The van der Waals surface area contributed by atoms with Gasteiger partial charge >= 0.3 is 23.9 Å². The Balaban J connectivity index is 3.79. The predicted molar refractivity (Wildman–Crippen MR) is 107 cm³/mol. The summed E-state index contributed by atoms with van der Waals surface area (Å²) in [6, 6.07) is 1.95. The highest BCUT2D eigenvalue weighted by molar-refractivity contribution is 6.10. The van der Waals surface area contributed by atoms with E-state index in [1.807, 2.05) is 0 Å². The Morgan fingerprint density at radius 1 is 0.500 bits per heavy atom. The van der Waals surface area contributed by atoms with Crippen LogP contribution in [-0.2, 0) is 18.9 Å². The number of benzene rings is 1. The second kappa shape index (κ2) is 10.0. The molecule has 0 spiro atoms. The van der Waals surface area contributed by atoms with E-state index in [0.29, 0.717) is 0 Å². The van der Waals surface area contributed by atoms with Crippen molar-refractivity contribution >= 4 is 23.9 Å². The molecular formula is C22H22O8. The molecule has 1 rings (SSSR count). The molecule has 8 nitrogen and oxygen atoms in total. The maximum absolute atomic E-state index is 12.5. The van der Waals surface area contributed by atoms with Gasteiger partial charge in [0.25, 0.3) is 0 Å². The zero-order chi connectivity index (χ0) is 23.2. The number of ether oxygens (including phenoxy) is 4. The van der Waals surface area contributed by atoms with E-state index in [4.69, 9.17) is 18.9 Å². The molecule has 0 saturated carbocycles. The summed E-state index contributed by atoms with van der Waals surface area (Å²) in [6.07, 6.45) is 0. The van der Waals surface area contributed by atoms with E-state index in [2.05, 4.69) is 26.3 Å². The number of carbonyl (C=O) groups excluding carboxylic acids is 4. The van der Waals surface area contributed by atoms with Crippen molar-refractivity contribution in [1.82, 2.24) is 0 Å². The van der Waals surface area contributed by atoms with E-state index in [0.717, 1.165) is 12.1 Å². The van der Waals surface area contributed by atoms with Crippen molar-refractivity contribution < 1.29 is 38.1 Å². The van der Waals surface area contributed by atoms with Gasteiger partial charge in [-0.2, -0.15) is 0 Å². The monoisotopic (exact) mass is 414 g/mol. The number of hydrogen-bond donors (Lipinski definition) is 0. The van der Waals surface area contributed by atoms with E-state index in [9.17, 15) is 19.2 Å². The van der Waals surface area contributed by atoms with Gasteiger partial charge in [0.2, 0.25) is 0 Å². The van der Waals surface area contributed by atoms with Crippen molar-refractivity contribution in [3.63, 3.8) is 0 Å². The number of allylic oxidation sites excluding steroid dienone is 4. The van der Waals surface area contributed by atoms with Crippen molar-refractivity contribution in [3.8, 4) is 0 Å². The normalized spacial score (nSPS) is 9.73. The summed E-state index contributed by atoms with van der Waals surface area (Å²) < 4.78 is 19.8. The maximum atomic E-state index is 12.5.